The Kier molecular flexibility index (Phi) is 3.22. The maximum absolute atomic E-state index is 14.8. The van der Waals surface area contributed by atoms with Crippen molar-refractivity contribution in [1.29, 1.82) is 0 Å². The van der Waals surface area contributed by atoms with Crippen LogP contribution in [-0.4, -0.2) is 83.4 Å². The molecule has 2 heterocycles. The minimum atomic E-state index is -4.42. The Hall–Kier alpha value is -2.38. The van der Waals surface area contributed by atoms with Crippen molar-refractivity contribution in [2.24, 2.45) is 0 Å². The third-order valence-electron chi connectivity index (χ3n) is 4.88. The average molecular weight is 522 g/mol. The molecule has 2 aliphatic rings. The van der Waals surface area contributed by atoms with Crippen molar-refractivity contribution >= 4 is 28.7 Å². The van der Waals surface area contributed by atoms with Gasteiger partial charge in [0.2, 0.25) is 0 Å². The van der Waals surface area contributed by atoms with Gasteiger partial charge in [0.25, 0.3) is 0 Å². The maximum atomic E-state index is 14.8. The molecule has 5 rings (SSSR count). The number of benzene rings is 1. The number of halogens is 1. The van der Waals surface area contributed by atoms with E-state index >= 15 is 0 Å². The van der Waals surface area contributed by atoms with Crippen molar-refractivity contribution in [3.8, 4) is 0 Å². The Balaban J connectivity index is 1.72. The van der Waals surface area contributed by atoms with E-state index in [1.165, 1.54) is 0 Å². The van der Waals surface area contributed by atoms with Gasteiger partial charge in [-0.3, -0.25) is 0 Å². The molecule has 2 aromatic heterocycles. The highest BCUT2D eigenvalue weighted by Gasteiger charge is 2.45. The van der Waals surface area contributed by atoms with E-state index in [0.717, 1.165) is 13.8 Å². The topological polar surface area (TPSA) is 138 Å². The van der Waals surface area contributed by atoms with Gasteiger partial charge in [0.05, 0.1) is 41.7 Å². The van der Waals surface area contributed by atoms with Crippen molar-refractivity contribution in [3.63, 3.8) is 0 Å². The SMILES string of the molecule is [2H]c1c([2H])c([C@]2([2H])C[C@@]2([2H])Nc2nc(SC([2H])([2H])C)nc3c2nnn3[C@]2([2H])C([2H])([2H])[C@]([2H])(OC([2H])([2H])C([2H])([2H])O)[C@@]([2H])(O)[C@@]2([2H])O)c([2H])c(F)c1C. The molecule has 2 saturated carbocycles. The first-order valence-corrected chi connectivity index (χ1v) is 10.7. The van der Waals surface area contributed by atoms with E-state index in [1.54, 1.807) is 0 Å². The van der Waals surface area contributed by atoms with E-state index in [1.807, 2.05) is 0 Å². The molecule has 2 aliphatic carbocycles. The smallest absolute Gasteiger partial charge is 0.191 e. The largest absolute Gasteiger partial charge is 0.394 e. The summed E-state index contributed by atoms with van der Waals surface area (Å²) in [5, 5.41) is 41.0. The summed E-state index contributed by atoms with van der Waals surface area (Å²) in [4.78, 5) is 8.06. The lowest BCUT2D eigenvalue weighted by Crippen LogP contribution is -2.33. The molecule has 35 heavy (non-hydrogen) atoms. The molecule has 10 nitrogen and oxygen atoms in total. The number of anilines is 1. The van der Waals surface area contributed by atoms with E-state index < -0.39 is 119 Å². The first-order valence-electron chi connectivity index (χ1n) is 18.3. The fraction of sp³-hybridized carbons (Fsp3) is 0.565. The van der Waals surface area contributed by atoms with Gasteiger partial charge in [0.1, 0.15) is 18.0 Å². The van der Waals surface area contributed by atoms with E-state index in [2.05, 4.69) is 30.3 Å². The van der Waals surface area contributed by atoms with Crippen LogP contribution in [0.2, 0.25) is 0 Å². The van der Waals surface area contributed by atoms with Crippen LogP contribution in [0.25, 0.3) is 11.2 Å². The molecule has 0 radical (unpaired) electrons. The summed E-state index contributed by atoms with van der Waals surface area (Å²) >= 11 is 0.275. The first kappa shape index (κ1) is 11.3. The van der Waals surface area contributed by atoms with Crippen LogP contribution in [0.3, 0.4) is 0 Å². The summed E-state index contributed by atoms with van der Waals surface area (Å²) in [6, 6.07) is -8.60. The Morgan fingerprint density at radius 2 is 2.23 bits per heavy atom. The molecule has 2 fully saturated rings. The van der Waals surface area contributed by atoms with Crippen LogP contribution in [0.1, 0.15) is 66.1 Å². The number of thioether (sulfide) groups is 1. The molecular formula is C23H29FN6O4S. The molecule has 188 valence electrons. The van der Waals surface area contributed by atoms with Crippen molar-refractivity contribution in [3.05, 3.63) is 35.1 Å². The number of aliphatic hydroxyl groups is 3. The van der Waals surface area contributed by atoms with Crippen LogP contribution < -0.4 is 5.32 Å². The second-order valence-corrected chi connectivity index (χ2v) is 8.08. The molecule has 0 bridgehead atoms. The lowest BCUT2D eigenvalue weighted by Gasteiger charge is -2.17. The zero-order valence-corrected chi connectivity index (χ0v) is 18.8. The molecule has 4 N–H and O–H groups in total. The van der Waals surface area contributed by atoms with Crippen molar-refractivity contribution in [1.82, 2.24) is 25.0 Å². The van der Waals surface area contributed by atoms with Gasteiger partial charge in [-0.25, -0.2) is 19.0 Å². The van der Waals surface area contributed by atoms with Gasteiger partial charge in [0, 0.05) is 25.1 Å². The number of fused-ring (bicyclic) bond motifs is 1. The highest BCUT2D eigenvalue weighted by molar-refractivity contribution is 7.99. The average Bonchev–Trinajstić information content (AvgIpc) is 3.26. The summed E-state index contributed by atoms with van der Waals surface area (Å²) < 4.78 is 159. The summed E-state index contributed by atoms with van der Waals surface area (Å²) in [7, 11) is 0. The summed E-state index contributed by atoms with van der Waals surface area (Å²) in [6.45, 7) is -5.97. The summed E-state index contributed by atoms with van der Waals surface area (Å²) in [6.07, 6.45) is -17.9. The third kappa shape index (κ3) is 4.73. The van der Waals surface area contributed by atoms with Gasteiger partial charge in [-0.1, -0.05) is 36.0 Å². The summed E-state index contributed by atoms with van der Waals surface area (Å²) in [5.74, 6) is -4.12. The molecule has 12 heteroatoms. The van der Waals surface area contributed by atoms with Crippen molar-refractivity contribution in [2.75, 3.05) is 24.1 Å². The monoisotopic (exact) mass is 521 g/mol. The first-order chi connectivity index (χ1) is 23.1. The normalized spacial score (nSPS) is 50.4. The maximum Gasteiger partial charge on any atom is 0.191 e. The molecule has 6 atom stereocenters. The van der Waals surface area contributed by atoms with Crippen molar-refractivity contribution < 1.29 is 47.7 Å². The second-order valence-electron chi connectivity index (χ2n) is 7.10. The number of nitrogens with one attached hydrogen (secondary N) is 1. The molecule has 0 amide bonds. The lowest BCUT2D eigenvalue weighted by molar-refractivity contribution is -0.0629. The molecule has 3 aromatic rings. The Bertz CT molecular complexity index is 1970. The minimum absolute atomic E-state index is 0.0389. The van der Waals surface area contributed by atoms with Crippen molar-refractivity contribution in [2.45, 2.75) is 68.0 Å². The number of aromatic nitrogens is 5. The molecule has 0 saturated heterocycles. The second kappa shape index (κ2) is 9.94. The van der Waals surface area contributed by atoms with Crippen LogP contribution >= 0.6 is 11.8 Å². The Morgan fingerprint density at radius 1 is 1.40 bits per heavy atom. The molecule has 0 spiro atoms. The van der Waals surface area contributed by atoms with Gasteiger partial charge < -0.3 is 25.4 Å². The van der Waals surface area contributed by atoms with Gasteiger partial charge in [-0.05, 0) is 36.2 Å². The predicted molar refractivity (Wildman–Crippen MR) is 128 cm³/mol. The third-order valence-corrected chi connectivity index (χ3v) is 5.45. The Morgan fingerprint density at radius 3 is 3.00 bits per heavy atom. The van der Waals surface area contributed by atoms with E-state index in [0.29, 0.717) is 0 Å². The van der Waals surface area contributed by atoms with E-state index in [9.17, 15) is 19.7 Å². The molecule has 0 aliphatic heterocycles. The van der Waals surface area contributed by atoms with Crippen LogP contribution in [0.5, 0.6) is 0 Å². The van der Waals surface area contributed by atoms with Crippen LogP contribution in [0.4, 0.5) is 10.2 Å². The number of nitrogens with zero attached hydrogens (tertiary/aromatic N) is 5. The fourth-order valence-corrected chi connectivity index (χ4v) is 3.60. The highest BCUT2D eigenvalue weighted by atomic mass is 32.2. The number of hydrogen-bond acceptors (Lipinski definition) is 10. The number of rotatable bonds is 9. The molecular weight excluding hydrogens is 475 g/mol. The van der Waals surface area contributed by atoms with Crippen LogP contribution in [0.15, 0.2) is 23.3 Å². The van der Waals surface area contributed by atoms with E-state index in [-0.39, 0.29) is 22.0 Å². The lowest BCUT2D eigenvalue weighted by atomic mass is 10.1. The standard InChI is InChI=1S/C23H29FN6O4S/c1-3-35-23-26-21(25-15-9-13(15)12-5-4-11(2)14(24)8-12)18-22(27-23)30(29-28-18)16-10-17(34-7-6-31)20(33)19(16)32/h4-5,8,13,15-17,19-20,31-33H,3,6-7,9-10H2,1-2H3,(H,25,26,27)/t13-,15+,16+,17-,19-,20+/m0/s1/i3D2,4D,5D,6D2,7D2,8D,10D2,13D,15D,16D,17D,19D,20D. The quantitative estimate of drug-likeness (QED) is 0.243. The van der Waals surface area contributed by atoms with Gasteiger partial charge >= 0.3 is 0 Å². The number of hydrogen-bond donors (Lipinski definition) is 4. The van der Waals surface area contributed by atoms with Crippen LogP contribution in [0, 0.1) is 12.7 Å². The molecule has 1 aromatic carbocycles. The zero-order chi connectivity index (χ0) is 40.0. The van der Waals surface area contributed by atoms with E-state index in [4.69, 9.17) is 23.3 Å². The summed E-state index contributed by atoms with van der Waals surface area (Å²) in [5.41, 5.74) is -4.75. The Labute approximate surface area is 229 Å². The van der Waals surface area contributed by atoms with Crippen LogP contribution in [-0.2, 0) is 4.74 Å². The minimum Gasteiger partial charge on any atom is -0.394 e. The van der Waals surface area contributed by atoms with Gasteiger partial charge in [-0.2, -0.15) is 0 Å². The number of ether oxygens (including phenoxy) is 1. The van der Waals surface area contributed by atoms with Gasteiger partial charge in [-0.15, -0.1) is 5.10 Å². The molecule has 0 unspecified atom stereocenters. The van der Waals surface area contributed by atoms with Gasteiger partial charge in [0.15, 0.2) is 22.1 Å². The fourth-order valence-electron chi connectivity index (χ4n) is 3.15. The highest BCUT2D eigenvalue weighted by Crippen LogP contribution is 2.44. The predicted octanol–water partition coefficient (Wildman–Crippen LogP) is 1.79. The zero-order valence-electron chi connectivity index (χ0n) is 35.0.